The number of amides is 3. The van der Waals surface area contributed by atoms with Crippen molar-refractivity contribution in [2.45, 2.75) is 116 Å². The zero-order chi connectivity index (χ0) is 38.8. The lowest BCUT2D eigenvalue weighted by Gasteiger charge is -2.31. The molecule has 2 N–H and O–H groups in total. The summed E-state index contributed by atoms with van der Waals surface area (Å²) in [6.45, 7) is 14.0. The van der Waals surface area contributed by atoms with Gasteiger partial charge in [0.25, 0.3) is 17.8 Å². The SMILES string of the molecule is CC(C)(C)OC(=O)N1CCn2ncc(C(=O)N3CCC4C3C4(F)F)c2C1.CC(C)(C)OC(=O)N1CCn2ncc(C(=O)O)c2C1.FC1(F)C2CCNC21. The van der Waals surface area contributed by atoms with E-state index in [1.807, 2.05) is 0 Å². The molecule has 6 aliphatic rings. The first kappa shape index (κ1) is 38.3. The van der Waals surface area contributed by atoms with Gasteiger partial charge < -0.3 is 34.6 Å². The van der Waals surface area contributed by atoms with Gasteiger partial charge in [-0.15, -0.1) is 0 Å². The fourth-order valence-corrected chi connectivity index (χ4v) is 7.18. The van der Waals surface area contributed by atoms with Gasteiger partial charge in [0.05, 0.1) is 67.5 Å². The molecule has 0 bridgehead atoms. The Hall–Kier alpha value is -4.42. The second kappa shape index (κ2) is 13.5. The van der Waals surface area contributed by atoms with Crippen molar-refractivity contribution in [3.63, 3.8) is 0 Å². The van der Waals surface area contributed by atoms with Crippen molar-refractivity contribution in [1.29, 1.82) is 0 Å². The third kappa shape index (κ3) is 7.80. The molecule has 292 valence electrons. The average molecular weight is 755 g/mol. The number of carboxylic acid groups (broad SMARTS) is 1. The summed E-state index contributed by atoms with van der Waals surface area (Å²) in [5.74, 6) is -7.62. The number of rotatable bonds is 2. The van der Waals surface area contributed by atoms with E-state index in [4.69, 9.17) is 14.6 Å². The van der Waals surface area contributed by atoms with Crippen LogP contribution >= 0.6 is 0 Å². The van der Waals surface area contributed by atoms with Crippen LogP contribution in [-0.2, 0) is 35.7 Å². The van der Waals surface area contributed by atoms with Gasteiger partial charge in [-0.25, -0.2) is 31.9 Å². The Balaban J connectivity index is 0.000000154. The number of alkyl halides is 4. The van der Waals surface area contributed by atoms with E-state index >= 15 is 0 Å². The van der Waals surface area contributed by atoms with Crippen LogP contribution in [-0.4, -0.2) is 125 Å². The number of nitrogens with zero attached hydrogens (tertiary/aromatic N) is 7. The van der Waals surface area contributed by atoms with Crippen LogP contribution in [0.3, 0.4) is 0 Å². The van der Waals surface area contributed by atoms with E-state index in [1.165, 1.54) is 27.1 Å². The molecule has 2 saturated heterocycles. The summed E-state index contributed by atoms with van der Waals surface area (Å²) in [5.41, 5.74) is 0.346. The smallest absolute Gasteiger partial charge is 0.410 e. The van der Waals surface area contributed by atoms with Crippen LogP contribution in [0.4, 0.5) is 27.2 Å². The Kier molecular flexibility index (Phi) is 9.73. The third-order valence-electron chi connectivity index (χ3n) is 9.97. The summed E-state index contributed by atoms with van der Waals surface area (Å²) in [4.78, 5) is 52.4. The first-order valence-corrected chi connectivity index (χ1v) is 17.7. The maximum absolute atomic E-state index is 13.7. The highest BCUT2D eigenvalue weighted by atomic mass is 19.3. The summed E-state index contributed by atoms with van der Waals surface area (Å²) in [7, 11) is 0. The van der Waals surface area contributed by atoms with E-state index < -0.39 is 65.1 Å². The van der Waals surface area contributed by atoms with Crippen molar-refractivity contribution >= 4 is 24.1 Å². The van der Waals surface area contributed by atoms with Gasteiger partial charge in [-0.3, -0.25) is 14.2 Å². The van der Waals surface area contributed by atoms with E-state index in [2.05, 4.69) is 15.5 Å². The molecule has 4 atom stereocenters. The summed E-state index contributed by atoms with van der Waals surface area (Å²) in [6.07, 6.45) is 2.84. The Labute approximate surface area is 303 Å². The molecule has 3 amide bonds. The van der Waals surface area contributed by atoms with Crippen LogP contribution in [0.5, 0.6) is 0 Å². The predicted octanol–water partition coefficient (Wildman–Crippen LogP) is 4.06. The molecule has 4 fully saturated rings. The van der Waals surface area contributed by atoms with Crippen molar-refractivity contribution < 1.29 is 51.3 Å². The monoisotopic (exact) mass is 754 g/mol. The first-order valence-electron chi connectivity index (χ1n) is 17.7. The minimum atomic E-state index is -2.77. The van der Waals surface area contributed by atoms with E-state index in [1.54, 1.807) is 50.9 Å². The van der Waals surface area contributed by atoms with Gasteiger partial charge in [0, 0.05) is 25.6 Å². The van der Waals surface area contributed by atoms with E-state index in [9.17, 15) is 36.7 Å². The predicted molar refractivity (Wildman–Crippen MR) is 177 cm³/mol. The van der Waals surface area contributed by atoms with E-state index in [0.717, 1.165) is 6.54 Å². The fourth-order valence-electron chi connectivity index (χ4n) is 7.18. The standard InChI is InChI=1S/C17H22F2N4O3.C12H17N3O4.C5H7F2N/c1-16(2,3)26-15(25)21-6-7-23-12(9-21)10(8-20-23)14(24)22-5-4-11-13(22)17(11,18)19;1-12(2,3)19-11(18)14-4-5-15-9(7-14)8(6-13-15)10(16)17;6-5(7)3-1-2-8-4(3)5/h8,11,13H,4-7,9H2,1-3H3;6H,4-5,7H2,1-3H3,(H,16,17);3-4,8H,1-2H2. The van der Waals surface area contributed by atoms with Gasteiger partial charge >= 0.3 is 18.2 Å². The molecule has 0 spiro atoms. The van der Waals surface area contributed by atoms with Crippen molar-refractivity contribution in [1.82, 2.24) is 39.6 Å². The molecule has 19 heteroatoms. The highest BCUT2D eigenvalue weighted by Gasteiger charge is 2.74. The molecule has 0 aromatic carbocycles. The number of fused-ring (bicyclic) bond motifs is 4. The zero-order valence-corrected chi connectivity index (χ0v) is 30.6. The van der Waals surface area contributed by atoms with Crippen LogP contribution in [0.15, 0.2) is 12.4 Å². The van der Waals surface area contributed by atoms with Gasteiger partial charge in [-0.05, 0) is 60.9 Å². The lowest BCUT2D eigenvalue weighted by Crippen LogP contribution is -2.42. The number of likely N-dealkylation sites (tertiary alicyclic amines) is 1. The number of carbonyl (C=O) groups is 4. The van der Waals surface area contributed by atoms with Gasteiger partial charge in [0.15, 0.2) is 0 Å². The summed E-state index contributed by atoms with van der Waals surface area (Å²) < 4.78 is 65.6. The summed E-state index contributed by atoms with van der Waals surface area (Å²) in [5, 5.41) is 20.0. The molecule has 6 heterocycles. The number of aromatic carboxylic acids is 1. The number of carboxylic acids is 1. The molecule has 0 radical (unpaired) electrons. The van der Waals surface area contributed by atoms with Crippen molar-refractivity contribution in [3.05, 3.63) is 34.9 Å². The number of hydrogen-bond acceptors (Lipinski definition) is 9. The Morgan fingerprint density at radius 1 is 0.755 bits per heavy atom. The second-order valence-corrected chi connectivity index (χ2v) is 16.1. The lowest BCUT2D eigenvalue weighted by atomic mass is 10.1. The van der Waals surface area contributed by atoms with E-state index in [0.29, 0.717) is 62.5 Å². The molecule has 15 nitrogen and oxygen atoms in total. The van der Waals surface area contributed by atoms with Gasteiger partial charge in [0.2, 0.25) is 0 Å². The van der Waals surface area contributed by atoms with E-state index in [-0.39, 0.29) is 24.6 Å². The number of hydrogen-bond donors (Lipinski definition) is 2. The molecule has 53 heavy (non-hydrogen) atoms. The minimum Gasteiger partial charge on any atom is -0.478 e. The zero-order valence-electron chi connectivity index (χ0n) is 30.6. The fraction of sp³-hybridized carbons (Fsp3) is 0.706. The molecule has 2 aliphatic carbocycles. The quantitative estimate of drug-likeness (QED) is 0.428. The molecule has 8 rings (SSSR count). The van der Waals surface area contributed by atoms with Crippen molar-refractivity contribution in [3.8, 4) is 0 Å². The maximum Gasteiger partial charge on any atom is 0.410 e. The molecular formula is C34H46F4N8O7. The van der Waals surface area contributed by atoms with Crippen molar-refractivity contribution in [2.24, 2.45) is 11.8 Å². The summed E-state index contributed by atoms with van der Waals surface area (Å²) >= 11 is 0. The number of carbonyl (C=O) groups excluding carboxylic acids is 3. The first-order chi connectivity index (χ1) is 24.6. The van der Waals surface area contributed by atoms with Crippen molar-refractivity contribution in [2.75, 3.05) is 26.2 Å². The average Bonchev–Trinajstić information content (AvgIpc) is 3.62. The largest absolute Gasteiger partial charge is 0.478 e. The lowest BCUT2D eigenvalue weighted by molar-refractivity contribution is 0.0183. The van der Waals surface area contributed by atoms with Gasteiger partial charge in [0.1, 0.15) is 22.8 Å². The molecule has 4 unspecified atom stereocenters. The number of aromatic nitrogens is 4. The number of ether oxygens (including phenoxy) is 2. The topological polar surface area (TPSA) is 164 Å². The van der Waals surface area contributed by atoms with Crippen LogP contribution in [0.1, 0.15) is 86.5 Å². The number of halogens is 4. The highest BCUT2D eigenvalue weighted by molar-refractivity contribution is 5.96. The third-order valence-corrected chi connectivity index (χ3v) is 9.97. The Morgan fingerprint density at radius 2 is 1.26 bits per heavy atom. The minimum absolute atomic E-state index is 0.133. The molecule has 2 aromatic rings. The van der Waals surface area contributed by atoms with Crippen LogP contribution in [0.25, 0.3) is 0 Å². The number of piperidine rings is 2. The Morgan fingerprint density at radius 3 is 1.66 bits per heavy atom. The molecule has 4 aliphatic heterocycles. The van der Waals surface area contributed by atoms with Crippen LogP contribution in [0, 0.1) is 11.8 Å². The van der Waals surface area contributed by atoms with Gasteiger partial charge in [-0.1, -0.05) is 0 Å². The molecule has 2 saturated carbocycles. The highest BCUT2D eigenvalue weighted by Crippen LogP contribution is 2.58. The van der Waals surface area contributed by atoms with Gasteiger partial charge in [-0.2, -0.15) is 10.2 Å². The molecular weight excluding hydrogens is 708 g/mol. The van der Waals surface area contributed by atoms with Crippen LogP contribution < -0.4 is 5.32 Å². The second-order valence-electron chi connectivity index (χ2n) is 16.1. The van der Waals surface area contributed by atoms with Crippen LogP contribution in [0.2, 0.25) is 0 Å². The molecule has 2 aromatic heterocycles. The normalized spacial score (nSPS) is 25.7. The maximum atomic E-state index is 13.7. The Bertz CT molecular complexity index is 1750. The summed E-state index contributed by atoms with van der Waals surface area (Å²) in [6, 6.07) is -1.45. The number of nitrogens with one attached hydrogen (secondary N) is 1.